The van der Waals surface area contributed by atoms with Gasteiger partial charge in [0.25, 0.3) is 0 Å². The van der Waals surface area contributed by atoms with Crippen molar-refractivity contribution in [2.24, 2.45) is 7.05 Å². The molecule has 0 amide bonds. The van der Waals surface area contributed by atoms with Crippen LogP contribution in [0.25, 0.3) is 0 Å². The van der Waals surface area contributed by atoms with E-state index in [1.807, 2.05) is 31.0 Å². The molecule has 0 aliphatic rings. The second-order valence-corrected chi connectivity index (χ2v) is 5.76. The first-order chi connectivity index (χ1) is 10.1. The molecule has 0 saturated heterocycles. The van der Waals surface area contributed by atoms with E-state index in [-0.39, 0.29) is 0 Å². The maximum absolute atomic E-state index is 6.37. The van der Waals surface area contributed by atoms with E-state index >= 15 is 0 Å². The number of hydrogen-bond donors (Lipinski definition) is 1. The van der Waals surface area contributed by atoms with Gasteiger partial charge >= 0.3 is 0 Å². The molecular formula is C16H23ClN4. The van der Waals surface area contributed by atoms with E-state index in [2.05, 4.69) is 34.5 Å². The van der Waals surface area contributed by atoms with Crippen LogP contribution in [0.4, 0.5) is 0 Å². The molecule has 114 valence electrons. The summed E-state index contributed by atoms with van der Waals surface area (Å²) in [4.78, 5) is 4.07. The fourth-order valence-electron chi connectivity index (χ4n) is 2.50. The van der Waals surface area contributed by atoms with E-state index in [4.69, 9.17) is 11.6 Å². The normalized spacial score (nSPS) is 12.6. The van der Waals surface area contributed by atoms with Crippen molar-refractivity contribution in [2.75, 3.05) is 6.54 Å². The zero-order valence-corrected chi connectivity index (χ0v) is 13.7. The molecule has 2 aromatic rings. The third-order valence-electron chi connectivity index (χ3n) is 3.62. The van der Waals surface area contributed by atoms with Crippen LogP contribution < -0.4 is 5.32 Å². The van der Waals surface area contributed by atoms with Crippen LogP contribution in [0.5, 0.6) is 0 Å². The van der Waals surface area contributed by atoms with E-state index in [9.17, 15) is 0 Å². The Hall–Kier alpha value is -1.39. The Bertz CT molecular complexity index is 565. The molecule has 2 heterocycles. The summed E-state index contributed by atoms with van der Waals surface area (Å²) in [6, 6.07) is 4.48. The summed E-state index contributed by atoms with van der Waals surface area (Å²) in [5.41, 5.74) is 3.28. The summed E-state index contributed by atoms with van der Waals surface area (Å²) in [6.45, 7) is 5.13. The van der Waals surface area contributed by atoms with Crippen LogP contribution in [-0.4, -0.2) is 27.4 Å². The molecule has 2 rings (SSSR count). The van der Waals surface area contributed by atoms with Crippen molar-refractivity contribution in [1.82, 2.24) is 20.1 Å². The van der Waals surface area contributed by atoms with Gasteiger partial charge in [0.1, 0.15) is 0 Å². The monoisotopic (exact) mass is 306 g/mol. The average molecular weight is 307 g/mol. The Kier molecular flexibility index (Phi) is 5.76. The fraction of sp³-hybridized carbons (Fsp3) is 0.500. The molecule has 0 radical (unpaired) electrons. The van der Waals surface area contributed by atoms with Gasteiger partial charge in [0.2, 0.25) is 0 Å². The van der Waals surface area contributed by atoms with E-state index in [1.165, 1.54) is 5.56 Å². The smallest absolute Gasteiger partial charge is 0.0847 e. The third-order valence-corrected chi connectivity index (χ3v) is 4.11. The standard InChI is InChI=1S/C16H23ClN4/c1-4-7-19-14(10-13-5-8-18-9-6-13)11-15-16(17)12(2)20-21(15)3/h5-6,8-9,14,19H,4,7,10-11H2,1-3H3. The highest BCUT2D eigenvalue weighted by molar-refractivity contribution is 6.31. The molecule has 0 fully saturated rings. The minimum absolute atomic E-state index is 0.347. The number of pyridine rings is 1. The number of hydrogen-bond acceptors (Lipinski definition) is 3. The molecule has 0 aliphatic heterocycles. The van der Waals surface area contributed by atoms with E-state index in [0.29, 0.717) is 6.04 Å². The number of rotatable bonds is 7. The Labute approximate surface area is 131 Å². The number of nitrogens with one attached hydrogen (secondary N) is 1. The molecule has 0 aromatic carbocycles. The molecule has 1 unspecified atom stereocenters. The van der Waals surface area contributed by atoms with Crippen LogP contribution in [0.1, 0.15) is 30.3 Å². The summed E-state index contributed by atoms with van der Waals surface area (Å²) in [5, 5.41) is 8.80. The zero-order valence-electron chi connectivity index (χ0n) is 12.9. The van der Waals surface area contributed by atoms with Crippen LogP contribution in [-0.2, 0) is 19.9 Å². The summed E-state index contributed by atoms with van der Waals surface area (Å²) < 4.78 is 1.89. The van der Waals surface area contributed by atoms with Crippen LogP contribution in [0.15, 0.2) is 24.5 Å². The molecular weight excluding hydrogens is 284 g/mol. The van der Waals surface area contributed by atoms with Crippen LogP contribution in [0, 0.1) is 6.92 Å². The molecule has 0 saturated carbocycles. The van der Waals surface area contributed by atoms with Crippen LogP contribution >= 0.6 is 11.6 Å². The summed E-state index contributed by atoms with van der Waals surface area (Å²) in [5.74, 6) is 0. The van der Waals surface area contributed by atoms with Gasteiger partial charge in [0.15, 0.2) is 0 Å². The van der Waals surface area contributed by atoms with Crippen LogP contribution in [0.2, 0.25) is 5.02 Å². The largest absolute Gasteiger partial charge is 0.313 e. The SMILES string of the molecule is CCCNC(Cc1ccncc1)Cc1c(Cl)c(C)nn1C. The highest BCUT2D eigenvalue weighted by Crippen LogP contribution is 2.21. The van der Waals surface area contributed by atoms with Crippen molar-refractivity contribution in [2.45, 2.75) is 39.2 Å². The Morgan fingerprint density at radius 3 is 2.57 bits per heavy atom. The Balaban J connectivity index is 2.12. The lowest BCUT2D eigenvalue weighted by Gasteiger charge is -2.19. The lowest BCUT2D eigenvalue weighted by atomic mass is 10.0. The molecule has 0 spiro atoms. The second-order valence-electron chi connectivity index (χ2n) is 5.38. The highest BCUT2D eigenvalue weighted by Gasteiger charge is 2.17. The lowest BCUT2D eigenvalue weighted by molar-refractivity contribution is 0.490. The quantitative estimate of drug-likeness (QED) is 0.855. The summed E-state index contributed by atoms with van der Waals surface area (Å²) in [6.07, 6.45) is 6.63. The van der Waals surface area contributed by atoms with Crippen molar-refractivity contribution in [3.63, 3.8) is 0 Å². The van der Waals surface area contributed by atoms with E-state index in [0.717, 1.165) is 42.2 Å². The van der Waals surface area contributed by atoms with Crippen molar-refractivity contribution >= 4 is 11.6 Å². The first-order valence-electron chi connectivity index (χ1n) is 7.42. The molecule has 5 heteroatoms. The molecule has 1 N–H and O–H groups in total. The second kappa shape index (κ2) is 7.57. The number of aromatic nitrogens is 3. The Morgan fingerprint density at radius 1 is 1.29 bits per heavy atom. The van der Waals surface area contributed by atoms with Gasteiger partial charge in [-0.25, -0.2) is 0 Å². The van der Waals surface area contributed by atoms with Crippen molar-refractivity contribution in [1.29, 1.82) is 0 Å². The van der Waals surface area contributed by atoms with Gasteiger partial charge in [-0.15, -0.1) is 0 Å². The van der Waals surface area contributed by atoms with Gasteiger partial charge in [-0.3, -0.25) is 9.67 Å². The highest BCUT2D eigenvalue weighted by atomic mass is 35.5. The van der Waals surface area contributed by atoms with Gasteiger partial charge in [-0.05, 0) is 44.0 Å². The molecule has 0 bridgehead atoms. The van der Waals surface area contributed by atoms with Gasteiger partial charge in [0, 0.05) is 31.9 Å². The lowest BCUT2D eigenvalue weighted by Crippen LogP contribution is -2.34. The minimum Gasteiger partial charge on any atom is -0.313 e. The molecule has 4 nitrogen and oxygen atoms in total. The molecule has 1 atom stereocenters. The van der Waals surface area contributed by atoms with Crippen molar-refractivity contribution in [3.8, 4) is 0 Å². The number of nitrogens with zero attached hydrogens (tertiary/aromatic N) is 3. The van der Waals surface area contributed by atoms with Crippen molar-refractivity contribution < 1.29 is 0 Å². The maximum atomic E-state index is 6.37. The first-order valence-corrected chi connectivity index (χ1v) is 7.79. The van der Waals surface area contributed by atoms with Crippen LogP contribution in [0.3, 0.4) is 0 Å². The molecule has 21 heavy (non-hydrogen) atoms. The third kappa shape index (κ3) is 4.29. The fourth-order valence-corrected chi connectivity index (χ4v) is 2.74. The summed E-state index contributed by atoms with van der Waals surface area (Å²) >= 11 is 6.37. The van der Waals surface area contributed by atoms with E-state index in [1.54, 1.807) is 0 Å². The average Bonchev–Trinajstić information content (AvgIpc) is 2.72. The predicted octanol–water partition coefficient (Wildman–Crippen LogP) is 2.93. The van der Waals surface area contributed by atoms with Gasteiger partial charge < -0.3 is 5.32 Å². The van der Waals surface area contributed by atoms with Crippen molar-refractivity contribution in [3.05, 3.63) is 46.5 Å². The number of halogens is 1. The molecule has 0 aliphatic carbocycles. The molecule has 2 aromatic heterocycles. The maximum Gasteiger partial charge on any atom is 0.0847 e. The summed E-state index contributed by atoms with van der Waals surface area (Å²) in [7, 11) is 1.96. The first kappa shape index (κ1) is 16.0. The number of aryl methyl sites for hydroxylation is 2. The minimum atomic E-state index is 0.347. The van der Waals surface area contributed by atoms with E-state index < -0.39 is 0 Å². The zero-order chi connectivity index (χ0) is 15.2. The Morgan fingerprint density at radius 2 is 2.00 bits per heavy atom. The topological polar surface area (TPSA) is 42.7 Å². The van der Waals surface area contributed by atoms with Gasteiger partial charge in [-0.1, -0.05) is 18.5 Å². The van der Waals surface area contributed by atoms with Gasteiger partial charge in [-0.2, -0.15) is 5.10 Å². The van der Waals surface area contributed by atoms with Gasteiger partial charge in [0.05, 0.1) is 16.4 Å². The predicted molar refractivity (Wildman–Crippen MR) is 86.7 cm³/mol.